The Kier molecular flexibility index (Phi) is 7.15. The average Bonchev–Trinajstić information content (AvgIpc) is 3.16. The van der Waals surface area contributed by atoms with Gasteiger partial charge in [0.05, 0.1) is 25.9 Å². The molecule has 0 N–H and O–H groups in total. The van der Waals surface area contributed by atoms with E-state index in [0.29, 0.717) is 26.3 Å². The van der Waals surface area contributed by atoms with Gasteiger partial charge in [0.1, 0.15) is 6.61 Å². The second-order valence-corrected chi connectivity index (χ2v) is 6.07. The van der Waals surface area contributed by atoms with Gasteiger partial charge < -0.3 is 19.1 Å². The van der Waals surface area contributed by atoms with Crippen molar-refractivity contribution in [3.8, 4) is 0 Å². The second-order valence-electron chi connectivity index (χ2n) is 5.03. The van der Waals surface area contributed by atoms with Gasteiger partial charge in [0.15, 0.2) is 0 Å². The zero-order valence-corrected chi connectivity index (χ0v) is 13.3. The molecule has 1 aromatic rings. The van der Waals surface area contributed by atoms with Crippen LogP contribution in [0.1, 0.15) is 17.7 Å². The maximum absolute atomic E-state index is 12.3. The third-order valence-electron chi connectivity index (χ3n) is 3.38. The third kappa shape index (κ3) is 5.74. The molecule has 1 atom stereocenters. The number of nitrogens with zero attached hydrogens (tertiary/aromatic N) is 1. The summed E-state index contributed by atoms with van der Waals surface area (Å²) in [5, 5.41) is 2.03. The molecule has 2 heterocycles. The molecular weight excluding hydrogens is 290 g/mol. The highest BCUT2D eigenvalue weighted by Gasteiger charge is 2.23. The number of ether oxygens (including phenoxy) is 3. The molecule has 6 heteroatoms. The Bertz CT molecular complexity index is 404. The fourth-order valence-electron chi connectivity index (χ4n) is 2.27. The van der Waals surface area contributed by atoms with Gasteiger partial charge in [-0.2, -0.15) is 0 Å². The largest absolute Gasteiger partial charge is 0.382 e. The van der Waals surface area contributed by atoms with Crippen molar-refractivity contribution in [2.24, 2.45) is 0 Å². The Morgan fingerprint density at radius 1 is 1.52 bits per heavy atom. The first-order valence-electron chi connectivity index (χ1n) is 7.28. The minimum atomic E-state index is 0.00926. The number of thiophene rings is 1. The Labute approximate surface area is 129 Å². The smallest absolute Gasteiger partial charge is 0.248 e. The first-order valence-corrected chi connectivity index (χ1v) is 8.16. The SMILES string of the molecule is COCCOCC(=O)N(Cc1cccs1)CC1CCCO1. The van der Waals surface area contributed by atoms with Crippen LogP contribution in [0.25, 0.3) is 0 Å². The lowest BCUT2D eigenvalue weighted by Crippen LogP contribution is -2.39. The first-order chi connectivity index (χ1) is 10.3. The van der Waals surface area contributed by atoms with E-state index < -0.39 is 0 Å². The predicted octanol–water partition coefficient (Wildman–Crippen LogP) is 1.92. The molecule has 1 saturated heterocycles. The molecule has 1 aliphatic heterocycles. The molecule has 0 bridgehead atoms. The molecule has 0 aromatic carbocycles. The van der Waals surface area contributed by atoms with Crippen LogP contribution in [0.15, 0.2) is 17.5 Å². The summed E-state index contributed by atoms with van der Waals surface area (Å²) in [5.41, 5.74) is 0. The van der Waals surface area contributed by atoms with E-state index in [9.17, 15) is 4.79 Å². The standard InChI is InChI=1S/C15H23NO4S/c1-18-7-8-19-12-15(17)16(10-13-4-2-6-20-13)11-14-5-3-9-21-14/h3,5,9,13H,2,4,6-8,10-12H2,1H3. The van der Waals surface area contributed by atoms with Gasteiger partial charge in [-0.3, -0.25) is 4.79 Å². The summed E-state index contributed by atoms with van der Waals surface area (Å²) >= 11 is 1.66. The van der Waals surface area contributed by atoms with Gasteiger partial charge in [-0.15, -0.1) is 11.3 Å². The average molecular weight is 313 g/mol. The predicted molar refractivity (Wildman–Crippen MR) is 81.4 cm³/mol. The first kappa shape index (κ1) is 16.4. The van der Waals surface area contributed by atoms with Crippen LogP contribution in [0.5, 0.6) is 0 Å². The highest BCUT2D eigenvalue weighted by atomic mass is 32.1. The molecule has 2 rings (SSSR count). The van der Waals surface area contributed by atoms with Crippen LogP contribution in [-0.2, 0) is 25.5 Å². The van der Waals surface area contributed by atoms with E-state index in [1.807, 2.05) is 22.4 Å². The van der Waals surface area contributed by atoms with Gasteiger partial charge in [-0.25, -0.2) is 0 Å². The van der Waals surface area contributed by atoms with Crippen LogP contribution < -0.4 is 0 Å². The number of methoxy groups -OCH3 is 1. The highest BCUT2D eigenvalue weighted by molar-refractivity contribution is 7.09. The van der Waals surface area contributed by atoms with Crippen molar-refractivity contribution < 1.29 is 19.0 Å². The number of carbonyl (C=O) groups excluding carboxylic acids is 1. The fourth-order valence-corrected chi connectivity index (χ4v) is 2.99. The van der Waals surface area contributed by atoms with Gasteiger partial charge in [0.2, 0.25) is 5.91 Å². The van der Waals surface area contributed by atoms with E-state index in [-0.39, 0.29) is 18.6 Å². The molecule has 0 radical (unpaired) electrons. The molecule has 1 amide bonds. The van der Waals surface area contributed by atoms with Crippen molar-refractivity contribution in [1.29, 1.82) is 0 Å². The Morgan fingerprint density at radius 3 is 3.10 bits per heavy atom. The molecule has 1 fully saturated rings. The van der Waals surface area contributed by atoms with Crippen molar-refractivity contribution in [2.45, 2.75) is 25.5 Å². The monoisotopic (exact) mass is 313 g/mol. The summed E-state index contributed by atoms with van der Waals surface area (Å²) in [6.07, 6.45) is 2.27. The normalized spacial score (nSPS) is 18.0. The number of hydrogen-bond acceptors (Lipinski definition) is 5. The quantitative estimate of drug-likeness (QED) is 0.654. The van der Waals surface area contributed by atoms with Crippen molar-refractivity contribution in [3.63, 3.8) is 0 Å². The summed E-state index contributed by atoms with van der Waals surface area (Å²) in [4.78, 5) is 15.4. The number of carbonyl (C=O) groups is 1. The van der Waals surface area contributed by atoms with E-state index in [0.717, 1.165) is 19.4 Å². The molecule has 118 valence electrons. The molecular formula is C15H23NO4S. The Hall–Kier alpha value is -0.950. The summed E-state index contributed by atoms with van der Waals surface area (Å²) < 4.78 is 15.9. The van der Waals surface area contributed by atoms with Gasteiger partial charge in [0.25, 0.3) is 0 Å². The number of rotatable bonds is 9. The van der Waals surface area contributed by atoms with Crippen LogP contribution >= 0.6 is 11.3 Å². The van der Waals surface area contributed by atoms with E-state index in [1.165, 1.54) is 4.88 Å². The Balaban J connectivity index is 1.85. The van der Waals surface area contributed by atoms with Crippen molar-refractivity contribution in [3.05, 3.63) is 22.4 Å². The molecule has 1 aliphatic rings. The lowest BCUT2D eigenvalue weighted by molar-refractivity contribution is -0.138. The lowest BCUT2D eigenvalue weighted by Gasteiger charge is -2.25. The van der Waals surface area contributed by atoms with Crippen molar-refractivity contribution >= 4 is 17.2 Å². The molecule has 0 aliphatic carbocycles. The summed E-state index contributed by atoms with van der Waals surface area (Å²) in [7, 11) is 1.62. The van der Waals surface area contributed by atoms with E-state index in [1.54, 1.807) is 18.4 Å². The number of hydrogen-bond donors (Lipinski definition) is 0. The highest BCUT2D eigenvalue weighted by Crippen LogP contribution is 2.17. The Morgan fingerprint density at radius 2 is 2.43 bits per heavy atom. The molecule has 0 saturated carbocycles. The summed E-state index contributed by atoms with van der Waals surface area (Å²) in [6.45, 7) is 3.12. The molecule has 1 unspecified atom stereocenters. The zero-order valence-electron chi connectivity index (χ0n) is 12.5. The minimum absolute atomic E-state index is 0.00926. The topological polar surface area (TPSA) is 48.0 Å². The zero-order chi connectivity index (χ0) is 14.9. The van der Waals surface area contributed by atoms with Crippen LogP contribution in [0, 0.1) is 0 Å². The summed E-state index contributed by atoms with van der Waals surface area (Å²) in [5.74, 6) is 0.00926. The van der Waals surface area contributed by atoms with Gasteiger partial charge in [-0.05, 0) is 24.3 Å². The van der Waals surface area contributed by atoms with Crippen LogP contribution in [0.4, 0.5) is 0 Å². The molecule has 1 aromatic heterocycles. The van der Waals surface area contributed by atoms with E-state index in [2.05, 4.69) is 0 Å². The summed E-state index contributed by atoms with van der Waals surface area (Å²) in [6, 6.07) is 4.05. The minimum Gasteiger partial charge on any atom is -0.382 e. The van der Waals surface area contributed by atoms with Crippen molar-refractivity contribution in [1.82, 2.24) is 4.90 Å². The van der Waals surface area contributed by atoms with Gasteiger partial charge >= 0.3 is 0 Å². The van der Waals surface area contributed by atoms with E-state index in [4.69, 9.17) is 14.2 Å². The van der Waals surface area contributed by atoms with Gasteiger partial charge in [0, 0.05) is 25.1 Å². The number of amides is 1. The van der Waals surface area contributed by atoms with Crippen LogP contribution in [-0.4, -0.2) is 57.0 Å². The fraction of sp³-hybridized carbons (Fsp3) is 0.667. The lowest BCUT2D eigenvalue weighted by atomic mass is 10.2. The molecule has 0 spiro atoms. The van der Waals surface area contributed by atoms with Crippen molar-refractivity contribution in [2.75, 3.05) is 40.1 Å². The van der Waals surface area contributed by atoms with Crippen LogP contribution in [0.3, 0.4) is 0 Å². The second kappa shape index (κ2) is 9.15. The third-order valence-corrected chi connectivity index (χ3v) is 4.25. The molecule has 5 nitrogen and oxygen atoms in total. The van der Waals surface area contributed by atoms with E-state index >= 15 is 0 Å². The van der Waals surface area contributed by atoms with Gasteiger partial charge in [-0.1, -0.05) is 6.07 Å². The maximum Gasteiger partial charge on any atom is 0.248 e. The maximum atomic E-state index is 12.3. The molecule has 21 heavy (non-hydrogen) atoms. The van der Waals surface area contributed by atoms with Crippen LogP contribution in [0.2, 0.25) is 0 Å².